The highest BCUT2D eigenvalue weighted by molar-refractivity contribution is 5.94. The zero-order valence-corrected chi connectivity index (χ0v) is 11.7. The van der Waals surface area contributed by atoms with Gasteiger partial charge in [0.05, 0.1) is 0 Å². The molecule has 0 aliphatic heterocycles. The van der Waals surface area contributed by atoms with Crippen LogP contribution in [0.5, 0.6) is 0 Å². The van der Waals surface area contributed by atoms with Gasteiger partial charge in [-0.15, -0.1) is 0 Å². The Kier molecular flexibility index (Phi) is 4.86. The Labute approximate surface area is 122 Å². The van der Waals surface area contributed by atoms with Crippen LogP contribution in [0.2, 0.25) is 0 Å². The summed E-state index contributed by atoms with van der Waals surface area (Å²) in [5.74, 6) is -1.01. The predicted octanol–water partition coefficient (Wildman–Crippen LogP) is -0.159. The number of aromatic nitrogens is 1. The van der Waals surface area contributed by atoms with E-state index in [0.717, 1.165) is 25.7 Å². The van der Waals surface area contributed by atoms with Crippen molar-refractivity contribution in [2.45, 2.75) is 38.3 Å². The van der Waals surface area contributed by atoms with Gasteiger partial charge in [0.25, 0.3) is 11.8 Å². The minimum Gasteiger partial charge on any atom is -0.365 e. The summed E-state index contributed by atoms with van der Waals surface area (Å²) in [6.45, 7) is -0.0563. The second-order valence-electron chi connectivity index (χ2n) is 5.13. The smallest absolute Gasteiger partial charge is 0.321 e. The first-order valence-corrected chi connectivity index (χ1v) is 6.94. The molecule has 4 N–H and O–H groups in total. The molecule has 0 spiro atoms. The highest BCUT2D eigenvalue weighted by atomic mass is 16.2. The zero-order valence-electron chi connectivity index (χ0n) is 11.7. The number of carbonyl (C=O) groups excluding carboxylic acids is 3. The lowest BCUT2D eigenvalue weighted by Gasteiger charge is -2.11. The molecule has 1 fully saturated rings. The molecule has 0 aromatic carbocycles. The second kappa shape index (κ2) is 6.83. The number of nitrogens with zero attached hydrogens (tertiary/aromatic N) is 1. The maximum absolute atomic E-state index is 11.8. The second-order valence-corrected chi connectivity index (χ2v) is 5.13. The minimum atomic E-state index is -0.566. The average Bonchev–Trinajstić information content (AvgIpc) is 2.91. The van der Waals surface area contributed by atoms with Crippen LogP contribution in [0, 0.1) is 0 Å². The van der Waals surface area contributed by atoms with Crippen LogP contribution in [0.15, 0.2) is 24.5 Å². The number of carbonyl (C=O) groups is 3. The lowest BCUT2D eigenvalue weighted by atomic mass is 10.2. The summed E-state index contributed by atoms with van der Waals surface area (Å²) >= 11 is 0. The van der Waals surface area contributed by atoms with Crippen molar-refractivity contribution in [1.29, 1.82) is 0 Å². The van der Waals surface area contributed by atoms with Crippen LogP contribution >= 0.6 is 0 Å². The molecular weight excluding hydrogens is 272 g/mol. The highest BCUT2D eigenvalue weighted by Crippen LogP contribution is 2.17. The van der Waals surface area contributed by atoms with Gasteiger partial charge in [0, 0.05) is 12.1 Å². The van der Waals surface area contributed by atoms with Gasteiger partial charge >= 0.3 is 6.03 Å². The summed E-state index contributed by atoms with van der Waals surface area (Å²) in [5.41, 5.74) is 5.47. The Bertz CT molecular complexity index is 553. The first-order chi connectivity index (χ1) is 10.0. The number of nitrogens with two attached hydrogens (primary N) is 1. The standard InChI is InChI=1S/C14H18N4O3/c15-13(20)10-4-3-7-18(8-10)9-12(19)17-14(21)16-11-5-1-2-6-11/h3-4,7-8,11H,1-2,5-6,9H2,(H3-,15,16,17,19,20,21)/p+1. The number of rotatable bonds is 4. The lowest BCUT2D eigenvalue weighted by Crippen LogP contribution is -2.49. The number of hydrogen-bond donors (Lipinski definition) is 3. The zero-order chi connectivity index (χ0) is 15.2. The minimum absolute atomic E-state index is 0.0563. The van der Waals surface area contributed by atoms with Crippen molar-refractivity contribution in [3.8, 4) is 0 Å². The third-order valence-electron chi connectivity index (χ3n) is 3.41. The third-order valence-corrected chi connectivity index (χ3v) is 3.41. The van der Waals surface area contributed by atoms with Crippen molar-refractivity contribution in [2.75, 3.05) is 0 Å². The van der Waals surface area contributed by atoms with E-state index in [1.165, 1.54) is 10.8 Å². The van der Waals surface area contributed by atoms with Gasteiger partial charge < -0.3 is 11.1 Å². The fraction of sp³-hybridized carbons (Fsp3) is 0.429. The molecule has 0 atom stereocenters. The predicted molar refractivity (Wildman–Crippen MR) is 74.1 cm³/mol. The third kappa shape index (κ3) is 4.55. The highest BCUT2D eigenvalue weighted by Gasteiger charge is 2.19. The van der Waals surface area contributed by atoms with Gasteiger partial charge in [-0.25, -0.2) is 4.79 Å². The fourth-order valence-electron chi connectivity index (χ4n) is 2.39. The molecule has 1 aliphatic carbocycles. The summed E-state index contributed by atoms with van der Waals surface area (Å²) in [4.78, 5) is 34.5. The van der Waals surface area contributed by atoms with E-state index in [0.29, 0.717) is 5.56 Å². The van der Waals surface area contributed by atoms with Crippen LogP contribution in [0.25, 0.3) is 0 Å². The molecule has 1 heterocycles. The van der Waals surface area contributed by atoms with Crippen molar-refractivity contribution in [3.63, 3.8) is 0 Å². The summed E-state index contributed by atoms with van der Waals surface area (Å²) in [5, 5.41) is 5.05. The van der Waals surface area contributed by atoms with E-state index in [4.69, 9.17) is 5.73 Å². The molecule has 0 saturated heterocycles. The number of primary amides is 1. The quantitative estimate of drug-likeness (QED) is 0.671. The number of urea groups is 1. The Balaban J connectivity index is 1.84. The van der Waals surface area contributed by atoms with Gasteiger partial charge in [-0.2, -0.15) is 4.57 Å². The molecule has 7 heteroatoms. The van der Waals surface area contributed by atoms with E-state index < -0.39 is 17.8 Å². The molecule has 7 nitrogen and oxygen atoms in total. The van der Waals surface area contributed by atoms with Gasteiger partial charge in [-0.1, -0.05) is 12.8 Å². The molecule has 1 aromatic rings. The number of pyridine rings is 1. The van der Waals surface area contributed by atoms with E-state index in [1.807, 2.05) is 0 Å². The topological polar surface area (TPSA) is 105 Å². The van der Waals surface area contributed by atoms with Crippen molar-refractivity contribution in [2.24, 2.45) is 5.73 Å². The normalized spacial score (nSPS) is 14.7. The van der Waals surface area contributed by atoms with Gasteiger partial charge in [-0.05, 0) is 18.9 Å². The number of nitrogens with one attached hydrogen (secondary N) is 2. The molecule has 112 valence electrons. The van der Waals surface area contributed by atoms with E-state index in [9.17, 15) is 14.4 Å². The van der Waals surface area contributed by atoms with Crippen LogP contribution in [0.1, 0.15) is 36.0 Å². The molecule has 0 radical (unpaired) electrons. The monoisotopic (exact) mass is 291 g/mol. The van der Waals surface area contributed by atoms with Crippen LogP contribution in [0.4, 0.5) is 4.79 Å². The summed E-state index contributed by atoms with van der Waals surface area (Å²) in [6, 6.07) is 2.86. The van der Waals surface area contributed by atoms with Gasteiger partial charge in [0.2, 0.25) is 6.54 Å². The summed E-state index contributed by atoms with van der Waals surface area (Å²) in [6.07, 6.45) is 7.22. The van der Waals surface area contributed by atoms with Crippen LogP contribution < -0.4 is 20.9 Å². The summed E-state index contributed by atoms with van der Waals surface area (Å²) in [7, 11) is 0. The Hall–Kier alpha value is -2.44. The molecule has 1 saturated carbocycles. The van der Waals surface area contributed by atoms with Crippen molar-refractivity contribution in [3.05, 3.63) is 30.1 Å². The van der Waals surface area contributed by atoms with Gasteiger partial charge in [-0.3, -0.25) is 14.9 Å². The summed E-state index contributed by atoms with van der Waals surface area (Å²) < 4.78 is 1.50. The Morgan fingerprint density at radius 2 is 2.00 bits per heavy atom. The molecule has 0 bridgehead atoms. The number of hydrogen-bond acceptors (Lipinski definition) is 3. The maximum Gasteiger partial charge on any atom is 0.321 e. The van der Waals surface area contributed by atoms with Crippen LogP contribution in [0.3, 0.4) is 0 Å². The van der Waals surface area contributed by atoms with Gasteiger partial charge in [0.15, 0.2) is 12.4 Å². The average molecular weight is 291 g/mol. The van der Waals surface area contributed by atoms with E-state index in [1.54, 1.807) is 18.3 Å². The SMILES string of the molecule is NC(=O)c1ccc[n+](CC(=O)NC(=O)NC2CCCC2)c1. The Morgan fingerprint density at radius 3 is 2.67 bits per heavy atom. The molecule has 21 heavy (non-hydrogen) atoms. The van der Waals surface area contributed by atoms with Crippen LogP contribution in [-0.4, -0.2) is 23.9 Å². The van der Waals surface area contributed by atoms with Crippen molar-refractivity contribution < 1.29 is 19.0 Å². The number of imide groups is 1. The van der Waals surface area contributed by atoms with Gasteiger partial charge in [0.1, 0.15) is 5.56 Å². The maximum atomic E-state index is 11.8. The molecule has 0 unspecified atom stereocenters. The number of amides is 4. The molecular formula is C14H19N4O3+. The van der Waals surface area contributed by atoms with E-state index in [2.05, 4.69) is 10.6 Å². The first-order valence-electron chi connectivity index (χ1n) is 6.94. The molecule has 4 amide bonds. The largest absolute Gasteiger partial charge is 0.365 e. The van der Waals surface area contributed by atoms with Crippen molar-refractivity contribution in [1.82, 2.24) is 10.6 Å². The lowest BCUT2D eigenvalue weighted by molar-refractivity contribution is -0.684. The van der Waals surface area contributed by atoms with E-state index >= 15 is 0 Å². The molecule has 1 aromatic heterocycles. The van der Waals surface area contributed by atoms with Crippen LogP contribution in [-0.2, 0) is 11.3 Å². The fourth-order valence-corrected chi connectivity index (χ4v) is 2.39. The van der Waals surface area contributed by atoms with E-state index in [-0.39, 0.29) is 12.6 Å². The first kappa shape index (κ1) is 15.0. The Morgan fingerprint density at radius 1 is 1.29 bits per heavy atom. The van der Waals surface area contributed by atoms with Crippen molar-refractivity contribution >= 4 is 17.8 Å². The molecule has 2 rings (SSSR count). The molecule has 1 aliphatic rings.